The molecule has 2 N–H and O–H groups in total. The van der Waals surface area contributed by atoms with Crippen molar-refractivity contribution in [1.82, 2.24) is 8.25 Å². The average Bonchev–Trinajstić information content (AvgIpc) is 2.52. The molecule has 24 heavy (non-hydrogen) atoms. The van der Waals surface area contributed by atoms with Crippen molar-refractivity contribution in [2.45, 2.75) is 23.6 Å². The standard InChI is InChI=1S/C14H16N2O4S4/c1-11-7-3-5-9-13(11)23(17,18)15-21-22-16-24(19,20)14-10-6-4-8-12(14)2/h3-10,15-16H,1-2H3. The zero-order valence-corrected chi connectivity index (χ0v) is 16.2. The third-order valence-corrected chi connectivity index (χ3v) is 9.03. The van der Waals surface area contributed by atoms with Crippen molar-refractivity contribution in [1.29, 1.82) is 0 Å². The monoisotopic (exact) mass is 404 g/mol. The fraction of sp³-hybridized carbons (Fsp3) is 0.143. The van der Waals surface area contributed by atoms with Crippen LogP contribution in [0.1, 0.15) is 11.1 Å². The Morgan fingerprint density at radius 1 is 0.667 bits per heavy atom. The minimum absolute atomic E-state index is 0.153. The molecule has 0 aliphatic rings. The first kappa shape index (κ1) is 19.3. The van der Waals surface area contributed by atoms with Crippen LogP contribution in [0.15, 0.2) is 58.3 Å². The molecule has 0 unspecified atom stereocenters. The summed E-state index contributed by atoms with van der Waals surface area (Å²) in [6.45, 7) is 3.38. The van der Waals surface area contributed by atoms with Gasteiger partial charge in [-0.3, -0.25) is 0 Å². The zero-order valence-electron chi connectivity index (χ0n) is 12.9. The number of nitrogens with one attached hydrogen (secondary N) is 2. The Morgan fingerprint density at radius 2 is 1.00 bits per heavy atom. The molecular formula is C14H16N2O4S4. The van der Waals surface area contributed by atoms with Gasteiger partial charge in [0.2, 0.25) is 0 Å². The molecule has 0 aromatic heterocycles. The quantitative estimate of drug-likeness (QED) is 0.419. The van der Waals surface area contributed by atoms with Gasteiger partial charge in [-0.05, 0) is 37.1 Å². The Morgan fingerprint density at radius 3 is 1.33 bits per heavy atom. The average molecular weight is 405 g/mol. The van der Waals surface area contributed by atoms with E-state index >= 15 is 0 Å². The molecule has 0 atom stereocenters. The highest BCUT2D eigenvalue weighted by Gasteiger charge is 2.19. The van der Waals surface area contributed by atoms with Crippen LogP contribution in [0.2, 0.25) is 0 Å². The molecule has 2 rings (SSSR count). The van der Waals surface area contributed by atoms with E-state index in [-0.39, 0.29) is 9.79 Å². The number of aryl methyl sites for hydroxylation is 2. The first-order valence-electron chi connectivity index (χ1n) is 6.71. The summed E-state index contributed by atoms with van der Waals surface area (Å²) in [6, 6.07) is 13.1. The maximum atomic E-state index is 12.2. The Kier molecular flexibility index (Phi) is 6.34. The third-order valence-electron chi connectivity index (χ3n) is 3.10. The Bertz CT molecular complexity index is 850. The van der Waals surface area contributed by atoms with E-state index < -0.39 is 20.0 Å². The van der Waals surface area contributed by atoms with Crippen LogP contribution >= 0.6 is 22.0 Å². The molecule has 2 aromatic carbocycles. The van der Waals surface area contributed by atoms with Crippen LogP contribution < -0.4 is 8.25 Å². The van der Waals surface area contributed by atoms with E-state index in [4.69, 9.17) is 0 Å². The minimum atomic E-state index is -3.72. The lowest BCUT2D eigenvalue weighted by Crippen LogP contribution is -2.20. The van der Waals surface area contributed by atoms with Crippen LogP contribution in [0.3, 0.4) is 0 Å². The van der Waals surface area contributed by atoms with Crippen LogP contribution in [0.5, 0.6) is 0 Å². The van der Waals surface area contributed by atoms with Crippen LogP contribution in [0.4, 0.5) is 0 Å². The van der Waals surface area contributed by atoms with Gasteiger partial charge in [0.05, 0.1) is 9.79 Å². The second-order valence-electron chi connectivity index (χ2n) is 4.87. The van der Waals surface area contributed by atoms with Crippen molar-refractivity contribution in [2.24, 2.45) is 0 Å². The predicted octanol–water partition coefficient (Wildman–Crippen LogP) is 2.77. The summed E-state index contributed by atoms with van der Waals surface area (Å²) in [4.78, 5) is 0.305. The number of benzene rings is 2. The van der Waals surface area contributed by atoms with Crippen LogP contribution in [-0.2, 0) is 20.0 Å². The topological polar surface area (TPSA) is 92.3 Å². The molecule has 0 spiro atoms. The highest BCUT2D eigenvalue weighted by atomic mass is 33.1. The molecule has 6 nitrogen and oxygen atoms in total. The molecule has 2 aromatic rings. The first-order valence-corrected chi connectivity index (χ1v) is 11.8. The number of hydrogen-bond acceptors (Lipinski definition) is 6. The van der Waals surface area contributed by atoms with Gasteiger partial charge >= 0.3 is 0 Å². The van der Waals surface area contributed by atoms with Gasteiger partial charge in [0.25, 0.3) is 20.0 Å². The van der Waals surface area contributed by atoms with Crippen LogP contribution in [-0.4, -0.2) is 16.8 Å². The summed E-state index contributed by atoms with van der Waals surface area (Å²) in [7, 11) is -6.09. The van der Waals surface area contributed by atoms with Crippen LogP contribution in [0, 0.1) is 13.8 Å². The first-order chi connectivity index (χ1) is 11.2. The van der Waals surface area contributed by atoms with Gasteiger partial charge in [-0.15, -0.1) is 8.25 Å². The molecule has 130 valence electrons. The molecule has 0 saturated carbocycles. The smallest absolute Gasteiger partial charge is 0.206 e. The summed E-state index contributed by atoms with van der Waals surface area (Å²) in [5.74, 6) is 0. The Labute approximate surface area is 150 Å². The molecule has 0 heterocycles. The summed E-state index contributed by atoms with van der Waals surface area (Å²) in [5.41, 5.74) is 1.21. The maximum Gasteiger partial charge on any atom is 0.250 e. The SMILES string of the molecule is Cc1ccccc1S(=O)(=O)NSSNS(=O)(=O)c1ccccc1C. The Balaban J connectivity index is 1.98. The summed E-state index contributed by atoms with van der Waals surface area (Å²) in [6.07, 6.45) is 0. The molecule has 10 heteroatoms. The minimum Gasteiger partial charge on any atom is -0.206 e. The van der Waals surface area contributed by atoms with Gasteiger partial charge in [-0.2, -0.15) is 0 Å². The number of sulfonamides is 2. The van der Waals surface area contributed by atoms with Gasteiger partial charge in [-0.25, -0.2) is 16.8 Å². The highest BCUT2D eigenvalue weighted by Crippen LogP contribution is 2.23. The lowest BCUT2D eigenvalue weighted by molar-refractivity contribution is 0.592. The molecule has 0 amide bonds. The molecule has 0 bridgehead atoms. The van der Waals surface area contributed by atoms with Gasteiger partial charge in [-0.1, -0.05) is 36.4 Å². The van der Waals surface area contributed by atoms with E-state index in [1.807, 2.05) is 0 Å². The van der Waals surface area contributed by atoms with E-state index in [9.17, 15) is 16.8 Å². The lowest BCUT2D eigenvalue weighted by Gasteiger charge is -2.09. The van der Waals surface area contributed by atoms with Gasteiger partial charge in [0.1, 0.15) is 0 Å². The number of hydrogen-bond donors (Lipinski definition) is 2. The molecule has 0 fully saturated rings. The number of rotatable bonds is 7. The van der Waals surface area contributed by atoms with Crippen LogP contribution in [0.25, 0.3) is 0 Å². The largest absolute Gasteiger partial charge is 0.250 e. The van der Waals surface area contributed by atoms with E-state index in [1.165, 1.54) is 12.1 Å². The summed E-state index contributed by atoms with van der Waals surface area (Å²) >= 11 is 0. The summed E-state index contributed by atoms with van der Waals surface area (Å²) in [5, 5.41) is 0. The van der Waals surface area contributed by atoms with Crippen molar-refractivity contribution in [3.63, 3.8) is 0 Å². The molecule has 0 aliphatic carbocycles. The van der Waals surface area contributed by atoms with E-state index in [0.29, 0.717) is 33.1 Å². The van der Waals surface area contributed by atoms with E-state index in [0.717, 1.165) is 0 Å². The highest BCUT2D eigenvalue weighted by molar-refractivity contribution is 8.77. The second kappa shape index (κ2) is 7.89. The lowest BCUT2D eigenvalue weighted by atomic mass is 10.2. The van der Waals surface area contributed by atoms with Gasteiger partial charge in [0.15, 0.2) is 0 Å². The second-order valence-corrected chi connectivity index (χ2v) is 10.4. The maximum absolute atomic E-state index is 12.2. The predicted molar refractivity (Wildman–Crippen MR) is 98.2 cm³/mol. The van der Waals surface area contributed by atoms with Crippen molar-refractivity contribution in [3.05, 3.63) is 59.7 Å². The molecule has 0 saturated heterocycles. The zero-order chi connectivity index (χ0) is 17.8. The third kappa shape index (κ3) is 4.74. The van der Waals surface area contributed by atoms with Crippen molar-refractivity contribution in [2.75, 3.05) is 0 Å². The van der Waals surface area contributed by atoms with E-state index in [1.54, 1.807) is 50.2 Å². The normalized spacial score (nSPS) is 12.2. The van der Waals surface area contributed by atoms with Gasteiger partial charge < -0.3 is 0 Å². The molecular weight excluding hydrogens is 388 g/mol. The van der Waals surface area contributed by atoms with Crippen molar-refractivity contribution >= 4 is 42.0 Å². The summed E-state index contributed by atoms with van der Waals surface area (Å²) < 4.78 is 53.3. The Hall–Kier alpha value is -1.04. The molecule has 0 radical (unpaired) electrons. The molecule has 0 aliphatic heterocycles. The van der Waals surface area contributed by atoms with Crippen molar-refractivity contribution < 1.29 is 16.8 Å². The van der Waals surface area contributed by atoms with E-state index in [2.05, 4.69) is 8.25 Å². The van der Waals surface area contributed by atoms with Crippen molar-refractivity contribution in [3.8, 4) is 0 Å². The fourth-order valence-corrected chi connectivity index (χ4v) is 7.36. The van der Waals surface area contributed by atoms with Gasteiger partial charge in [0, 0.05) is 22.0 Å². The fourth-order valence-electron chi connectivity index (χ4n) is 1.93.